The van der Waals surface area contributed by atoms with Gasteiger partial charge in [0.2, 0.25) is 5.91 Å². The van der Waals surface area contributed by atoms with Gasteiger partial charge < -0.3 is 15.0 Å². The minimum atomic E-state index is 0.149. The van der Waals surface area contributed by atoms with Crippen molar-refractivity contribution < 1.29 is 9.53 Å². The highest BCUT2D eigenvalue weighted by molar-refractivity contribution is 5.78. The van der Waals surface area contributed by atoms with E-state index in [4.69, 9.17) is 4.74 Å². The Kier molecular flexibility index (Phi) is 5.83. The molecule has 0 spiro atoms. The van der Waals surface area contributed by atoms with Crippen molar-refractivity contribution in [2.24, 2.45) is 5.92 Å². The summed E-state index contributed by atoms with van der Waals surface area (Å²) >= 11 is 0. The zero-order valence-electron chi connectivity index (χ0n) is 14.1. The fourth-order valence-electron chi connectivity index (χ4n) is 3.01. The van der Waals surface area contributed by atoms with Crippen molar-refractivity contribution in [2.45, 2.75) is 52.3 Å². The van der Waals surface area contributed by atoms with E-state index in [9.17, 15) is 4.79 Å². The van der Waals surface area contributed by atoms with Gasteiger partial charge in [0, 0.05) is 25.6 Å². The van der Waals surface area contributed by atoms with Crippen molar-refractivity contribution in [3.8, 4) is 5.75 Å². The van der Waals surface area contributed by atoms with E-state index >= 15 is 0 Å². The van der Waals surface area contributed by atoms with Crippen molar-refractivity contribution in [3.63, 3.8) is 0 Å². The van der Waals surface area contributed by atoms with Gasteiger partial charge in [-0.1, -0.05) is 12.1 Å². The normalized spacial score (nSPS) is 21.7. The molecule has 122 valence electrons. The molecular weight excluding hydrogens is 276 g/mol. The number of ether oxygens (including phenoxy) is 1. The maximum absolute atomic E-state index is 12.6. The summed E-state index contributed by atoms with van der Waals surface area (Å²) in [7, 11) is 1.89. The largest absolute Gasteiger partial charge is 0.491 e. The zero-order chi connectivity index (χ0) is 16.1. The third-order valence-electron chi connectivity index (χ3n) is 4.04. The Balaban J connectivity index is 1.96. The standard InChI is InChI=1S/C18H28N2O2/c1-13(2)22-17-7-5-6-15(11-17)12-20(4)18(21)16-8-9-19-14(3)10-16/h5-7,11,13-14,16,19H,8-10,12H2,1-4H3/t14-,16-/m0/s1. The van der Waals surface area contributed by atoms with Gasteiger partial charge in [-0.15, -0.1) is 0 Å². The van der Waals surface area contributed by atoms with Crippen LogP contribution >= 0.6 is 0 Å². The van der Waals surface area contributed by atoms with Crippen LogP contribution in [0.2, 0.25) is 0 Å². The fraction of sp³-hybridized carbons (Fsp3) is 0.611. The molecule has 4 nitrogen and oxygen atoms in total. The quantitative estimate of drug-likeness (QED) is 0.909. The van der Waals surface area contributed by atoms with Gasteiger partial charge in [-0.25, -0.2) is 0 Å². The number of hydrogen-bond donors (Lipinski definition) is 1. The molecule has 1 aliphatic rings. The summed E-state index contributed by atoms with van der Waals surface area (Å²) in [6.45, 7) is 7.74. The number of rotatable bonds is 5. The van der Waals surface area contributed by atoms with Gasteiger partial charge in [0.15, 0.2) is 0 Å². The number of carbonyl (C=O) groups excluding carboxylic acids is 1. The molecule has 0 aromatic heterocycles. The molecule has 0 unspecified atom stereocenters. The lowest BCUT2D eigenvalue weighted by Gasteiger charge is -2.30. The first-order valence-corrected chi connectivity index (χ1v) is 8.19. The highest BCUT2D eigenvalue weighted by Gasteiger charge is 2.27. The molecule has 0 bridgehead atoms. The predicted octanol–water partition coefficient (Wildman–Crippen LogP) is 2.82. The van der Waals surface area contributed by atoms with Gasteiger partial charge in [0.25, 0.3) is 0 Å². The number of carbonyl (C=O) groups is 1. The Morgan fingerprint density at radius 2 is 2.23 bits per heavy atom. The lowest BCUT2D eigenvalue weighted by molar-refractivity contribution is -0.135. The summed E-state index contributed by atoms with van der Waals surface area (Å²) < 4.78 is 5.72. The van der Waals surface area contributed by atoms with Crippen LogP contribution in [0.5, 0.6) is 5.75 Å². The topological polar surface area (TPSA) is 41.6 Å². The van der Waals surface area contributed by atoms with Crippen molar-refractivity contribution in [3.05, 3.63) is 29.8 Å². The first-order chi connectivity index (χ1) is 10.5. The van der Waals surface area contributed by atoms with Crippen LogP contribution < -0.4 is 10.1 Å². The molecule has 2 rings (SSSR count). The third-order valence-corrected chi connectivity index (χ3v) is 4.04. The monoisotopic (exact) mass is 304 g/mol. The molecule has 1 amide bonds. The van der Waals surface area contributed by atoms with E-state index in [1.807, 2.05) is 50.1 Å². The Morgan fingerprint density at radius 3 is 2.91 bits per heavy atom. The molecule has 1 heterocycles. The van der Waals surface area contributed by atoms with Crippen LogP contribution in [0.4, 0.5) is 0 Å². The highest BCUT2D eigenvalue weighted by Crippen LogP contribution is 2.20. The summed E-state index contributed by atoms with van der Waals surface area (Å²) in [5.74, 6) is 1.27. The second-order valence-corrected chi connectivity index (χ2v) is 6.58. The molecule has 1 aliphatic heterocycles. The van der Waals surface area contributed by atoms with Crippen molar-refractivity contribution in [1.82, 2.24) is 10.2 Å². The Bertz CT molecular complexity index is 502. The van der Waals surface area contributed by atoms with Gasteiger partial charge in [0.1, 0.15) is 5.75 Å². The molecule has 1 fully saturated rings. The van der Waals surface area contributed by atoms with Crippen LogP contribution in [0.25, 0.3) is 0 Å². The van der Waals surface area contributed by atoms with Gasteiger partial charge >= 0.3 is 0 Å². The molecule has 1 N–H and O–H groups in total. The summed E-state index contributed by atoms with van der Waals surface area (Å²) in [6, 6.07) is 8.44. The van der Waals surface area contributed by atoms with Crippen molar-refractivity contribution >= 4 is 5.91 Å². The first-order valence-electron chi connectivity index (χ1n) is 8.19. The Hall–Kier alpha value is -1.55. The number of piperidine rings is 1. The second kappa shape index (κ2) is 7.63. The number of benzene rings is 1. The average Bonchev–Trinajstić information content (AvgIpc) is 2.46. The van der Waals surface area contributed by atoms with E-state index in [-0.39, 0.29) is 17.9 Å². The van der Waals surface area contributed by atoms with E-state index in [0.717, 1.165) is 30.7 Å². The van der Waals surface area contributed by atoms with Crippen LogP contribution in [-0.2, 0) is 11.3 Å². The van der Waals surface area contributed by atoms with E-state index in [1.165, 1.54) is 0 Å². The molecule has 2 atom stereocenters. The predicted molar refractivity (Wildman–Crippen MR) is 88.9 cm³/mol. The van der Waals surface area contributed by atoms with Crippen LogP contribution in [-0.4, -0.2) is 36.5 Å². The number of nitrogens with zero attached hydrogens (tertiary/aromatic N) is 1. The van der Waals surface area contributed by atoms with Crippen LogP contribution in [0, 0.1) is 5.92 Å². The van der Waals surface area contributed by atoms with E-state index in [1.54, 1.807) is 0 Å². The fourth-order valence-corrected chi connectivity index (χ4v) is 3.01. The molecule has 1 aromatic carbocycles. The summed E-state index contributed by atoms with van der Waals surface area (Å²) in [4.78, 5) is 14.4. The molecular formula is C18H28N2O2. The highest BCUT2D eigenvalue weighted by atomic mass is 16.5. The molecule has 22 heavy (non-hydrogen) atoms. The Morgan fingerprint density at radius 1 is 1.45 bits per heavy atom. The summed E-state index contributed by atoms with van der Waals surface area (Å²) in [6.07, 6.45) is 2.02. The molecule has 0 saturated carbocycles. The zero-order valence-corrected chi connectivity index (χ0v) is 14.1. The number of nitrogens with one attached hydrogen (secondary N) is 1. The van der Waals surface area contributed by atoms with Crippen LogP contribution in [0.1, 0.15) is 39.2 Å². The van der Waals surface area contributed by atoms with Gasteiger partial charge in [-0.2, -0.15) is 0 Å². The van der Waals surface area contributed by atoms with Crippen molar-refractivity contribution in [1.29, 1.82) is 0 Å². The molecule has 1 saturated heterocycles. The smallest absolute Gasteiger partial charge is 0.225 e. The lowest BCUT2D eigenvalue weighted by atomic mass is 9.92. The Labute approximate surface area is 133 Å². The minimum Gasteiger partial charge on any atom is -0.491 e. The number of hydrogen-bond acceptors (Lipinski definition) is 3. The van der Waals surface area contributed by atoms with E-state index in [2.05, 4.69) is 12.2 Å². The average molecular weight is 304 g/mol. The van der Waals surface area contributed by atoms with Crippen LogP contribution in [0.15, 0.2) is 24.3 Å². The third kappa shape index (κ3) is 4.73. The van der Waals surface area contributed by atoms with Gasteiger partial charge in [-0.3, -0.25) is 4.79 Å². The van der Waals surface area contributed by atoms with Gasteiger partial charge in [0.05, 0.1) is 6.10 Å². The first kappa shape index (κ1) is 16.8. The second-order valence-electron chi connectivity index (χ2n) is 6.58. The van der Waals surface area contributed by atoms with E-state index in [0.29, 0.717) is 12.6 Å². The minimum absolute atomic E-state index is 0.149. The van der Waals surface area contributed by atoms with Gasteiger partial charge in [-0.05, 0) is 57.9 Å². The molecule has 0 radical (unpaired) electrons. The lowest BCUT2D eigenvalue weighted by Crippen LogP contribution is -2.42. The maximum atomic E-state index is 12.6. The number of amides is 1. The SMILES string of the molecule is CC(C)Oc1cccc(CN(C)C(=O)[C@H]2CCN[C@@H](C)C2)c1. The van der Waals surface area contributed by atoms with E-state index < -0.39 is 0 Å². The summed E-state index contributed by atoms with van der Waals surface area (Å²) in [5, 5.41) is 3.39. The van der Waals surface area contributed by atoms with Crippen LogP contribution in [0.3, 0.4) is 0 Å². The maximum Gasteiger partial charge on any atom is 0.225 e. The molecule has 0 aliphatic carbocycles. The summed E-state index contributed by atoms with van der Waals surface area (Å²) in [5.41, 5.74) is 1.11. The molecule has 1 aromatic rings. The van der Waals surface area contributed by atoms with Crippen molar-refractivity contribution in [2.75, 3.05) is 13.6 Å². The molecule has 4 heteroatoms.